The zero-order valence-electron chi connectivity index (χ0n) is 14.8. The van der Waals surface area contributed by atoms with Crippen LogP contribution >= 0.6 is 11.3 Å². The fourth-order valence-electron chi connectivity index (χ4n) is 2.54. The summed E-state index contributed by atoms with van der Waals surface area (Å²) >= 11 is 1.52. The molecule has 9 heteroatoms. The molecule has 3 heterocycles. The molecule has 4 rings (SSSR count). The molecule has 0 saturated carbocycles. The van der Waals surface area contributed by atoms with E-state index in [0.717, 1.165) is 15.9 Å². The fourth-order valence-corrected chi connectivity index (χ4v) is 3.26. The van der Waals surface area contributed by atoms with Gasteiger partial charge < -0.3 is 16.0 Å². The van der Waals surface area contributed by atoms with Crippen molar-refractivity contribution in [3.8, 4) is 0 Å². The number of carbonyl (C=O) groups is 1. The SMILES string of the molecule is O=C(NCCNc1ccc(Nc2cccnc2)nn1)c1ccc2ncsc2c1. The molecule has 1 aromatic carbocycles. The molecule has 0 unspecified atom stereocenters. The summed E-state index contributed by atoms with van der Waals surface area (Å²) in [6, 6.07) is 12.9. The first kappa shape index (κ1) is 17.8. The largest absolute Gasteiger partial charge is 0.367 e. The van der Waals surface area contributed by atoms with Crippen molar-refractivity contribution in [1.29, 1.82) is 0 Å². The van der Waals surface area contributed by atoms with E-state index in [0.29, 0.717) is 30.3 Å². The van der Waals surface area contributed by atoms with Gasteiger partial charge in [0.25, 0.3) is 5.91 Å². The molecule has 1 amide bonds. The summed E-state index contributed by atoms with van der Waals surface area (Å²) in [6.45, 7) is 1.01. The second kappa shape index (κ2) is 8.40. The monoisotopic (exact) mass is 391 g/mol. The van der Waals surface area contributed by atoms with Crippen molar-refractivity contribution >= 4 is 44.8 Å². The third kappa shape index (κ3) is 4.38. The summed E-state index contributed by atoms with van der Waals surface area (Å²) in [5.74, 6) is 1.15. The highest BCUT2D eigenvalue weighted by Gasteiger charge is 2.07. The van der Waals surface area contributed by atoms with Crippen LogP contribution in [0.25, 0.3) is 10.2 Å². The van der Waals surface area contributed by atoms with E-state index in [1.165, 1.54) is 11.3 Å². The molecule has 28 heavy (non-hydrogen) atoms. The predicted octanol–water partition coefficient (Wildman–Crippen LogP) is 3.07. The lowest BCUT2D eigenvalue weighted by molar-refractivity contribution is 0.0955. The molecular formula is C19H17N7OS. The number of amides is 1. The first-order valence-corrected chi connectivity index (χ1v) is 9.52. The van der Waals surface area contributed by atoms with Crippen molar-refractivity contribution in [2.45, 2.75) is 0 Å². The summed E-state index contributed by atoms with van der Waals surface area (Å²) in [6.07, 6.45) is 3.42. The van der Waals surface area contributed by atoms with Crippen LogP contribution in [0.5, 0.6) is 0 Å². The topological polar surface area (TPSA) is 105 Å². The highest BCUT2D eigenvalue weighted by atomic mass is 32.1. The van der Waals surface area contributed by atoms with Crippen LogP contribution in [0.2, 0.25) is 0 Å². The minimum absolute atomic E-state index is 0.112. The summed E-state index contributed by atoms with van der Waals surface area (Å²) in [4.78, 5) is 20.5. The molecule has 0 radical (unpaired) electrons. The molecule has 0 spiro atoms. The van der Waals surface area contributed by atoms with E-state index in [4.69, 9.17) is 0 Å². The summed E-state index contributed by atoms with van der Waals surface area (Å²) < 4.78 is 1.00. The molecule has 0 saturated heterocycles. The van der Waals surface area contributed by atoms with Crippen molar-refractivity contribution < 1.29 is 4.79 Å². The predicted molar refractivity (Wildman–Crippen MR) is 110 cm³/mol. The Kier molecular flexibility index (Phi) is 5.34. The van der Waals surface area contributed by atoms with Gasteiger partial charge in [-0.25, -0.2) is 4.98 Å². The van der Waals surface area contributed by atoms with Crippen LogP contribution < -0.4 is 16.0 Å². The number of rotatable bonds is 7. The van der Waals surface area contributed by atoms with Gasteiger partial charge in [-0.15, -0.1) is 21.5 Å². The van der Waals surface area contributed by atoms with Gasteiger partial charge >= 0.3 is 0 Å². The Morgan fingerprint density at radius 2 is 1.93 bits per heavy atom. The number of thiazole rings is 1. The van der Waals surface area contributed by atoms with Crippen molar-refractivity contribution in [2.75, 3.05) is 23.7 Å². The van der Waals surface area contributed by atoms with Gasteiger partial charge in [-0.05, 0) is 42.5 Å². The summed E-state index contributed by atoms with van der Waals surface area (Å²) in [5.41, 5.74) is 4.15. The van der Waals surface area contributed by atoms with Gasteiger partial charge in [-0.3, -0.25) is 9.78 Å². The van der Waals surface area contributed by atoms with E-state index in [1.54, 1.807) is 24.0 Å². The minimum atomic E-state index is -0.112. The van der Waals surface area contributed by atoms with Crippen molar-refractivity contribution in [3.05, 3.63) is 65.9 Å². The normalized spacial score (nSPS) is 10.6. The maximum absolute atomic E-state index is 12.2. The highest BCUT2D eigenvalue weighted by molar-refractivity contribution is 7.16. The number of nitrogens with one attached hydrogen (secondary N) is 3. The van der Waals surface area contributed by atoms with E-state index in [9.17, 15) is 4.79 Å². The lowest BCUT2D eigenvalue weighted by Crippen LogP contribution is -2.28. The number of hydrogen-bond acceptors (Lipinski definition) is 8. The Morgan fingerprint density at radius 1 is 1.04 bits per heavy atom. The van der Waals surface area contributed by atoms with Gasteiger partial charge in [0.15, 0.2) is 5.82 Å². The second-order valence-electron chi connectivity index (χ2n) is 5.89. The van der Waals surface area contributed by atoms with Gasteiger partial charge in [-0.1, -0.05) is 0 Å². The standard InChI is InChI=1S/C19H17N7OS/c27-19(13-3-4-15-16(10-13)28-12-23-15)22-9-8-21-17-5-6-18(26-25-17)24-14-2-1-7-20-11-14/h1-7,10-12H,8-9H2,(H,21,25)(H,22,27)(H,24,26). The van der Waals surface area contributed by atoms with Crippen LogP contribution in [-0.2, 0) is 0 Å². The van der Waals surface area contributed by atoms with Crippen LogP contribution in [-0.4, -0.2) is 39.2 Å². The molecule has 0 fully saturated rings. The zero-order chi connectivity index (χ0) is 19.2. The molecule has 140 valence electrons. The van der Waals surface area contributed by atoms with E-state index in [-0.39, 0.29) is 5.91 Å². The number of pyridine rings is 1. The van der Waals surface area contributed by atoms with E-state index in [1.807, 2.05) is 36.4 Å². The van der Waals surface area contributed by atoms with Crippen molar-refractivity contribution in [2.24, 2.45) is 0 Å². The average molecular weight is 391 g/mol. The molecular weight excluding hydrogens is 374 g/mol. The van der Waals surface area contributed by atoms with E-state index >= 15 is 0 Å². The van der Waals surface area contributed by atoms with Gasteiger partial charge in [0.05, 0.1) is 27.6 Å². The van der Waals surface area contributed by atoms with Crippen molar-refractivity contribution in [3.63, 3.8) is 0 Å². The molecule has 0 atom stereocenters. The third-order valence-electron chi connectivity index (χ3n) is 3.91. The highest BCUT2D eigenvalue weighted by Crippen LogP contribution is 2.19. The molecule has 3 aromatic heterocycles. The lowest BCUT2D eigenvalue weighted by atomic mass is 10.2. The average Bonchev–Trinajstić information content (AvgIpc) is 3.21. The summed E-state index contributed by atoms with van der Waals surface area (Å²) in [7, 11) is 0. The Hall–Kier alpha value is -3.59. The molecule has 3 N–H and O–H groups in total. The van der Waals surface area contributed by atoms with Gasteiger partial charge in [-0.2, -0.15) is 0 Å². The Morgan fingerprint density at radius 3 is 2.75 bits per heavy atom. The number of nitrogens with zero attached hydrogens (tertiary/aromatic N) is 4. The number of benzene rings is 1. The Bertz CT molecular complexity index is 1070. The van der Waals surface area contributed by atoms with Crippen LogP contribution in [0.1, 0.15) is 10.4 Å². The third-order valence-corrected chi connectivity index (χ3v) is 4.70. The Labute approximate surface area is 165 Å². The van der Waals surface area contributed by atoms with Crippen LogP contribution in [0.4, 0.5) is 17.3 Å². The molecule has 0 aliphatic heterocycles. The van der Waals surface area contributed by atoms with E-state index < -0.39 is 0 Å². The fraction of sp³-hybridized carbons (Fsp3) is 0.105. The quantitative estimate of drug-likeness (QED) is 0.416. The number of fused-ring (bicyclic) bond motifs is 1. The first-order valence-electron chi connectivity index (χ1n) is 8.64. The maximum atomic E-state index is 12.2. The molecule has 0 bridgehead atoms. The number of anilines is 3. The molecule has 0 aliphatic rings. The smallest absolute Gasteiger partial charge is 0.251 e. The first-order chi connectivity index (χ1) is 13.8. The lowest BCUT2D eigenvalue weighted by Gasteiger charge is -2.08. The Balaban J connectivity index is 1.24. The van der Waals surface area contributed by atoms with Gasteiger partial charge in [0.2, 0.25) is 0 Å². The van der Waals surface area contributed by atoms with Crippen LogP contribution in [0, 0.1) is 0 Å². The molecule has 8 nitrogen and oxygen atoms in total. The molecule has 4 aromatic rings. The number of hydrogen-bond donors (Lipinski definition) is 3. The maximum Gasteiger partial charge on any atom is 0.251 e. The van der Waals surface area contributed by atoms with Gasteiger partial charge in [0, 0.05) is 24.8 Å². The second-order valence-corrected chi connectivity index (χ2v) is 6.77. The number of aromatic nitrogens is 4. The van der Waals surface area contributed by atoms with Crippen LogP contribution in [0.15, 0.2) is 60.4 Å². The van der Waals surface area contributed by atoms with E-state index in [2.05, 4.69) is 36.1 Å². The minimum Gasteiger partial charge on any atom is -0.367 e. The summed E-state index contributed by atoms with van der Waals surface area (Å²) in [5, 5.41) is 17.4. The zero-order valence-corrected chi connectivity index (χ0v) is 15.6. The molecule has 0 aliphatic carbocycles. The van der Waals surface area contributed by atoms with Gasteiger partial charge in [0.1, 0.15) is 5.82 Å². The van der Waals surface area contributed by atoms with Crippen LogP contribution in [0.3, 0.4) is 0 Å². The number of carbonyl (C=O) groups excluding carboxylic acids is 1. The van der Waals surface area contributed by atoms with Crippen molar-refractivity contribution in [1.82, 2.24) is 25.5 Å².